The van der Waals surface area contributed by atoms with Crippen LogP contribution in [-0.4, -0.2) is 41.6 Å². The maximum absolute atomic E-state index is 12.9. The number of nitrogens with zero attached hydrogens (tertiary/aromatic N) is 1. The first-order valence-corrected chi connectivity index (χ1v) is 9.14. The molecule has 1 aromatic carbocycles. The summed E-state index contributed by atoms with van der Waals surface area (Å²) in [6, 6.07) is 5.70. The third kappa shape index (κ3) is 3.53. The Kier molecular flexibility index (Phi) is 4.92. The van der Waals surface area contributed by atoms with E-state index in [-0.39, 0.29) is 17.9 Å². The highest BCUT2D eigenvalue weighted by molar-refractivity contribution is 7.99. The van der Waals surface area contributed by atoms with Crippen molar-refractivity contribution in [3.63, 3.8) is 0 Å². The Hall–Kier alpha value is -1.53. The van der Waals surface area contributed by atoms with Gasteiger partial charge < -0.3 is 16.0 Å². The zero-order valence-corrected chi connectivity index (χ0v) is 14.2. The molecule has 0 aromatic heterocycles. The summed E-state index contributed by atoms with van der Waals surface area (Å²) in [4.78, 5) is 27.5. The summed E-state index contributed by atoms with van der Waals surface area (Å²) < 4.78 is 0. The van der Waals surface area contributed by atoms with E-state index in [4.69, 9.17) is 5.73 Å². The standard InChI is InChI=1S/C17H23N3O2S/c1-11-4-6-20(13(8-11)10-18)17(22)12-2-3-15-14(9-12)19-16(21)5-7-23-15/h2-3,9,11,13H,4-8,10,18H2,1H3,(H,19,21). The van der Waals surface area contributed by atoms with Crippen LogP contribution in [0.5, 0.6) is 0 Å². The number of carbonyl (C=O) groups is 2. The summed E-state index contributed by atoms with van der Waals surface area (Å²) in [7, 11) is 0. The van der Waals surface area contributed by atoms with E-state index in [2.05, 4.69) is 12.2 Å². The number of likely N-dealkylation sites (tertiary alicyclic amines) is 1. The van der Waals surface area contributed by atoms with Gasteiger partial charge >= 0.3 is 0 Å². The highest BCUT2D eigenvalue weighted by Crippen LogP contribution is 2.32. The van der Waals surface area contributed by atoms with Crippen LogP contribution in [0.15, 0.2) is 23.1 Å². The highest BCUT2D eigenvalue weighted by atomic mass is 32.2. The van der Waals surface area contributed by atoms with Crippen molar-refractivity contribution in [1.82, 2.24) is 4.90 Å². The predicted octanol–water partition coefficient (Wildman–Crippen LogP) is 2.32. The minimum atomic E-state index is 0.00693. The van der Waals surface area contributed by atoms with Gasteiger partial charge in [0.15, 0.2) is 0 Å². The molecular formula is C17H23N3O2S. The van der Waals surface area contributed by atoms with Gasteiger partial charge in [0.2, 0.25) is 5.91 Å². The largest absolute Gasteiger partial charge is 0.334 e. The summed E-state index contributed by atoms with van der Waals surface area (Å²) in [6.07, 6.45) is 2.47. The molecule has 2 unspecified atom stereocenters. The molecule has 3 rings (SSSR count). The first kappa shape index (κ1) is 16.3. The molecule has 124 valence electrons. The fourth-order valence-corrected chi connectivity index (χ4v) is 4.20. The number of fused-ring (bicyclic) bond motifs is 1. The van der Waals surface area contributed by atoms with Gasteiger partial charge in [-0.3, -0.25) is 9.59 Å². The molecule has 3 N–H and O–H groups in total. The van der Waals surface area contributed by atoms with E-state index in [9.17, 15) is 9.59 Å². The van der Waals surface area contributed by atoms with Crippen LogP contribution in [0.3, 0.4) is 0 Å². The molecule has 2 aliphatic heterocycles. The number of piperidine rings is 1. The van der Waals surface area contributed by atoms with Crippen LogP contribution in [0.1, 0.15) is 36.5 Å². The topological polar surface area (TPSA) is 75.4 Å². The predicted molar refractivity (Wildman–Crippen MR) is 92.7 cm³/mol. The molecule has 2 amide bonds. The Labute approximate surface area is 141 Å². The van der Waals surface area contributed by atoms with Crippen molar-refractivity contribution >= 4 is 29.3 Å². The lowest BCUT2D eigenvalue weighted by Crippen LogP contribution is -2.49. The number of anilines is 1. The average Bonchev–Trinajstić information content (AvgIpc) is 2.73. The molecule has 2 aliphatic rings. The van der Waals surface area contributed by atoms with Gasteiger partial charge in [-0.15, -0.1) is 11.8 Å². The molecule has 2 heterocycles. The number of hydrogen-bond donors (Lipinski definition) is 2. The second kappa shape index (κ2) is 6.93. The van der Waals surface area contributed by atoms with E-state index in [1.165, 1.54) is 0 Å². The van der Waals surface area contributed by atoms with E-state index in [1.807, 2.05) is 17.0 Å². The fourth-order valence-electron chi connectivity index (χ4n) is 3.26. The Morgan fingerprint density at radius 3 is 3.09 bits per heavy atom. The Morgan fingerprint density at radius 1 is 1.48 bits per heavy atom. The first-order chi connectivity index (χ1) is 11.1. The SMILES string of the molecule is CC1CCN(C(=O)c2ccc3c(c2)NC(=O)CCS3)C(CN)C1. The van der Waals surface area contributed by atoms with Crippen LogP contribution in [0.4, 0.5) is 5.69 Å². The Balaban J connectivity index is 1.83. The minimum absolute atomic E-state index is 0.00693. The first-order valence-electron chi connectivity index (χ1n) is 8.16. The molecule has 6 heteroatoms. The van der Waals surface area contributed by atoms with Crippen molar-refractivity contribution < 1.29 is 9.59 Å². The smallest absolute Gasteiger partial charge is 0.254 e. The van der Waals surface area contributed by atoms with E-state index < -0.39 is 0 Å². The Bertz CT molecular complexity index is 620. The van der Waals surface area contributed by atoms with Crippen LogP contribution < -0.4 is 11.1 Å². The molecule has 2 atom stereocenters. The number of benzene rings is 1. The molecule has 1 saturated heterocycles. The van der Waals surface area contributed by atoms with Gasteiger partial charge in [-0.05, 0) is 37.0 Å². The van der Waals surface area contributed by atoms with Gasteiger partial charge in [0.05, 0.1) is 5.69 Å². The number of thioether (sulfide) groups is 1. The third-order valence-corrected chi connectivity index (χ3v) is 5.67. The minimum Gasteiger partial charge on any atom is -0.334 e. The molecule has 1 aromatic rings. The normalized spacial score (nSPS) is 24.6. The molecule has 0 saturated carbocycles. The monoisotopic (exact) mass is 333 g/mol. The van der Waals surface area contributed by atoms with E-state index in [1.54, 1.807) is 17.8 Å². The molecular weight excluding hydrogens is 310 g/mol. The summed E-state index contributed by atoms with van der Waals surface area (Å²) in [5, 5.41) is 2.90. The molecule has 0 spiro atoms. The quantitative estimate of drug-likeness (QED) is 0.871. The second-order valence-electron chi connectivity index (χ2n) is 6.38. The zero-order chi connectivity index (χ0) is 16.4. The fraction of sp³-hybridized carbons (Fsp3) is 0.529. The molecule has 5 nitrogen and oxygen atoms in total. The maximum Gasteiger partial charge on any atom is 0.254 e. The number of rotatable bonds is 2. The van der Waals surface area contributed by atoms with Gasteiger partial charge in [-0.25, -0.2) is 0 Å². The lowest BCUT2D eigenvalue weighted by atomic mass is 9.92. The molecule has 23 heavy (non-hydrogen) atoms. The van der Waals surface area contributed by atoms with E-state index in [0.717, 1.165) is 35.7 Å². The number of carbonyl (C=O) groups excluding carboxylic acids is 2. The number of nitrogens with two attached hydrogens (primary N) is 1. The molecule has 0 radical (unpaired) electrons. The van der Waals surface area contributed by atoms with Gasteiger partial charge in [-0.2, -0.15) is 0 Å². The van der Waals surface area contributed by atoms with Crippen molar-refractivity contribution in [3.05, 3.63) is 23.8 Å². The maximum atomic E-state index is 12.9. The van der Waals surface area contributed by atoms with Crippen molar-refractivity contribution in [3.8, 4) is 0 Å². The van der Waals surface area contributed by atoms with Crippen LogP contribution in [0, 0.1) is 5.92 Å². The van der Waals surface area contributed by atoms with E-state index in [0.29, 0.717) is 24.4 Å². The number of nitrogens with one attached hydrogen (secondary N) is 1. The lowest BCUT2D eigenvalue weighted by Gasteiger charge is -2.38. The molecule has 0 bridgehead atoms. The van der Waals surface area contributed by atoms with Gasteiger partial charge in [0.25, 0.3) is 5.91 Å². The van der Waals surface area contributed by atoms with Crippen molar-refractivity contribution in [2.75, 3.05) is 24.2 Å². The highest BCUT2D eigenvalue weighted by Gasteiger charge is 2.30. The molecule has 0 aliphatic carbocycles. The van der Waals surface area contributed by atoms with Crippen molar-refractivity contribution in [2.24, 2.45) is 11.7 Å². The summed E-state index contributed by atoms with van der Waals surface area (Å²) in [6.45, 7) is 3.45. The summed E-state index contributed by atoms with van der Waals surface area (Å²) in [5.41, 5.74) is 7.24. The molecule has 1 fully saturated rings. The van der Waals surface area contributed by atoms with Gasteiger partial charge in [-0.1, -0.05) is 6.92 Å². The van der Waals surface area contributed by atoms with Crippen molar-refractivity contribution in [2.45, 2.75) is 37.1 Å². The van der Waals surface area contributed by atoms with Gasteiger partial charge in [0.1, 0.15) is 0 Å². The number of hydrogen-bond acceptors (Lipinski definition) is 4. The van der Waals surface area contributed by atoms with Crippen LogP contribution in [0.2, 0.25) is 0 Å². The second-order valence-corrected chi connectivity index (χ2v) is 7.51. The van der Waals surface area contributed by atoms with Crippen LogP contribution >= 0.6 is 11.8 Å². The summed E-state index contributed by atoms with van der Waals surface area (Å²) >= 11 is 1.65. The van der Waals surface area contributed by atoms with Gasteiger partial charge in [0, 0.05) is 41.8 Å². The third-order valence-electron chi connectivity index (χ3n) is 4.60. The van der Waals surface area contributed by atoms with Crippen molar-refractivity contribution in [1.29, 1.82) is 0 Å². The van der Waals surface area contributed by atoms with Crippen LogP contribution in [-0.2, 0) is 4.79 Å². The average molecular weight is 333 g/mol. The van der Waals surface area contributed by atoms with E-state index >= 15 is 0 Å². The number of amides is 2. The summed E-state index contributed by atoms with van der Waals surface area (Å²) in [5.74, 6) is 1.40. The van der Waals surface area contributed by atoms with Crippen LogP contribution in [0.25, 0.3) is 0 Å². The Morgan fingerprint density at radius 2 is 2.30 bits per heavy atom. The lowest BCUT2D eigenvalue weighted by molar-refractivity contribution is -0.115. The zero-order valence-electron chi connectivity index (χ0n) is 13.4.